The average Bonchev–Trinajstić information content (AvgIpc) is 2.50. The average molecular weight is 353 g/mol. The van der Waals surface area contributed by atoms with Gasteiger partial charge in [-0.15, -0.1) is 12.3 Å². The van der Waals surface area contributed by atoms with Gasteiger partial charge in [-0.1, -0.05) is 5.11 Å². The number of hydrogen-bond donors (Lipinski definition) is 0. The number of ether oxygens (including phenoxy) is 4. The molecule has 10 nitrogen and oxygen atoms in total. The zero-order valence-corrected chi connectivity index (χ0v) is 14.1. The van der Waals surface area contributed by atoms with Crippen molar-refractivity contribution in [3.63, 3.8) is 0 Å². The van der Waals surface area contributed by atoms with Gasteiger partial charge in [0.2, 0.25) is 0 Å². The number of azide groups is 1. The van der Waals surface area contributed by atoms with Gasteiger partial charge in [-0.25, -0.2) is 0 Å². The highest BCUT2D eigenvalue weighted by Gasteiger charge is 2.49. The largest absolute Gasteiger partial charge is 0.463 e. The first kappa shape index (κ1) is 20.3. The fourth-order valence-electron chi connectivity index (χ4n) is 2.49. The molecule has 10 heteroatoms. The van der Waals surface area contributed by atoms with E-state index in [-0.39, 0.29) is 13.0 Å². The van der Waals surface area contributed by atoms with Crippen LogP contribution >= 0.6 is 0 Å². The monoisotopic (exact) mass is 353 g/mol. The molecule has 0 bridgehead atoms. The fraction of sp³-hybridized carbons (Fsp3) is 0.667. The van der Waals surface area contributed by atoms with Crippen LogP contribution in [0.15, 0.2) is 5.11 Å². The Hall–Kier alpha value is -2.76. The zero-order valence-electron chi connectivity index (χ0n) is 14.1. The second kappa shape index (κ2) is 9.52. The lowest BCUT2D eigenvalue weighted by Crippen LogP contribution is -2.60. The number of rotatable bonds is 6. The minimum Gasteiger partial charge on any atom is -0.463 e. The zero-order chi connectivity index (χ0) is 19.0. The highest BCUT2D eigenvalue weighted by Crippen LogP contribution is 2.30. The minimum absolute atomic E-state index is 0.0404. The Labute approximate surface area is 144 Å². The van der Waals surface area contributed by atoms with Crippen molar-refractivity contribution in [1.82, 2.24) is 0 Å². The van der Waals surface area contributed by atoms with Crippen LogP contribution in [0.3, 0.4) is 0 Å². The summed E-state index contributed by atoms with van der Waals surface area (Å²) in [6.45, 7) is 3.28. The Bertz CT molecular complexity index is 609. The van der Waals surface area contributed by atoms with Gasteiger partial charge in [0.25, 0.3) is 0 Å². The minimum atomic E-state index is -1.12. The third-order valence-corrected chi connectivity index (χ3v) is 3.31. The van der Waals surface area contributed by atoms with Crippen LogP contribution in [-0.4, -0.2) is 55.0 Å². The molecule has 1 rings (SSSR count). The van der Waals surface area contributed by atoms with E-state index in [9.17, 15) is 14.4 Å². The van der Waals surface area contributed by atoms with Crippen molar-refractivity contribution in [2.75, 3.05) is 6.61 Å². The van der Waals surface area contributed by atoms with E-state index in [1.165, 1.54) is 13.8 Å². The second-order valence-corrected chi connectivity index (χ2v) is 5.27. The van der Waals surface area contributed by atoms with Crippen molar-refractivity contribution in [2.24, 2.45) is 5.11 Å². The normalized spacial score (nSPS) is 28.0. The maximum Gasteiger partial charge on any atom is 0.303 e. The molecule has 0 amide bonds. The van der Waals surface area contributed by atoms with Crippen LogP contribution in [0, 0.1) is 12.3 Å². The number of carbonyl (C=O) groups is 3. The van der Waals surface area contributed by atoms with Crippen molar-refractivity contribution < 1.29 is 33.3 Å². The summed E-state index contributed by atoms with van der Waals surface area (Å²) in [5, 5.41) is 3.60. The Morgan fingerprint density at radius 2 is 1.68 bits per heavy atom. The predicted octanol–water partition coefficient (Wildman–Crippen LogP) is 0.882. The number of esters is 3. The van der Waals surface area contributed by atoms with Crippen LogP contribution < -0.4 is 0 Å². The first-order valence-electron chi connectivity index (χ1n) is 7.41. The van der Waals surface area contributed by atoms with Crippen molar-refractivity contribution in [1.29, 1.82) is 0 Å². The molecule has 1 aliphatic rings. The molecular weight excluding hydrogens is 334 g/mol. The van der Waals surface area contributed by atoms with E-state index in [0.29, 0.717) is 0 Å². The lowest BCUT2D eigenvalue weighted by molar-refractivity contribution is -0.215. The summed E-state index contributed by atoms with van der Waals surface area (Å²) in [4.78, 5) is 36.6. The summed E-state index contributed by atoms with van der Waals surface area (Å²) in [6.07, 6.45) is 1.42. The molecule has 1 heterocycles. The van der Waals surface area contributed by atoms with E-state index in [4.69, 9.17) is 30.9 Å². The molecule has 1 fully saturated rings. The quantitative estimate of drug-likeness (QED) is 0.173. The summed E-state index contributed by atoms with van der Waals surface area (Å²) in [7, 11) is 0. The van der Waals surface area contributed by atoms with Crippen molar-refractivity contribution in [3.05, 3.63) is 10.4 Å². The van der Waals surface area contributed by atoms with Gasteiger partial charge in [-0.2, -0.15) is 0 Å². The second-order valence-electron chi connectivity index (χ2n) is 5.27. The highest BCUT2D eigenvalue weighted by atomic mass is 16.6. The Kier molecular flexibility index (Phi) is 7.72. The van der Waals surface area contributed by atoms with E-state index >= 15 is 0 Å². The van der Waals surface area contributed by atoms with E-state index in [0.717, 1.165) is 6.92 Å². The SMILES string of the molecule is C#CC[C@H]1O[C@H](COC(C)=O)[C@H](OC(C)=O)[C@H](N=[N+]=[N-])[C@H]1OC(C)=O. The summed E-state index contributed by atoms with van der Waals surface area (Å²) < 4.78 is 21.0. The van der Waals surface area contributed by atoms with Crippen LogP contribution in [-0.2, 0) is 33.3 Å². The lowest BCUT2D eigenvalue weighted by atomic mass is 9.91. The molecule has 0 radical (unpaired) electrons. The van der Waals surface area contributed by atoms with Gasteiger partial charge in [0.1, 0.15) is 37.1 Å². The Balaban J connectivity index is 3.23. The summed E-state index contributed by atoms with van der Waals surface area (Å²) >= 11 is 0. The van der Waals surface area contributed by atoms with Gasteiger partial charge in [0.15, 0.2) is 0 Å². The molecule has 0 N–H and O–H groups in total. The molecule has 0 aromatic carbocycles. The number of carbonyl (C=O) groups excluding carboxylic acids is 3. The third-order valence-electron chi connectivity index (χ3n) is 3.31. The van der Waals surface area contributed by atoms with Crippen molar-refractivity contribution in [3.8, 4) is 12.3 Å². The van der Waals surface area contributed by atoms with Crippen LogP contribution in [0.4, 0.5) is 0 Å². The van der Waals surface area contributed by atoms with Gasteiger partial charge < -0.3 is 18.9 Å². The molecule has 5 atom stereocenters. The first-order valence-corrected chi connectivity index (χ1v) is 7.41. The van der Waals surface area contributed by atoms with E-state index in [1.807, 2.05) is 0 Å². The van der Waals surface area contributed by atoms with Crippen LogP contribution in [0.2, 0.25) is 0 Å². The highest BCUT2D eigenvalue weighted by molar-refractivity contribution is 5.67. The molecule has 136 valence electrons. The molecule has 25 heavy (non-hydrogen) atoms. The molecule has 0 unspecified atom stereocenters. The fourth-order valence-corrected chi connectivity index (χ4v) is 2.49. The van der Waals surface area contributed by atoms with Crippen molar-refractivity contribution in [2.45, 2.75) is 57.6 Å². The summed E-state index contributed by atoms with van der Waals surface area (Å²) in [6, 6.07) is -1.09. The van der Waals surface area contributed by atoms with E-state index < -0.39 is 48.4 Å². The molecule has 1 aliphatic heterocycles. The van der Waals surface area contributed by atoms with Crippen LogP contribution in [0.25, 0.3) is 10.4 Å². The molecule has 0 aromatic heterocycles. The van der Waals surface area contributed by atoms with Gasteiger partial charge >= 0.3 is 17.9 Å². The summed E-state index contributed by atoms with van der Waals surface area (Å²) in [5.74, 6) is 0.495. The Morgan fingerprint density at radius 1 is 1.12 bits per heavy atom. The van der Waals surface area contributed by atoms with E-state index in [2.05, 4.69) is 15.9 Å². The van der Waals surface area contributed by atoms with Gasteiger partial charge in [0.05, 0.1) is 0 Å². The molecule has 0 aromatic rings. The third kappa shape index (κ3) is 5.99. The molecule has 1 saturated heterocycles. The smallest absolute Gasteiger partial charge is 0.303 e. The van der Waals surface area contributed by atoms with Crippen molar-refractivity contribution >= 4 is 17.9 Å². The lowest BCUT2D eigenvalue weighted by Gasteiger charge is -2.43. The molecular formula is C15H19N3O7. The molecule has 0 saturated carbocycles. The number of hydrogen-bond acceptors (Lipinski definition) is 8. The molecule has 0 spiro atoms. The van der Waals surface area contributed by atoms with Gasteiger partial charge in [0, 0.05) is 32.1 Å². The maximum absolute atomic E-state index is 11.4. The van der Waals surface area contributed by atoms with Gasteiger partial charge in [-0.05, 0) is 5.53 Å². The van der Waals surface area contributed by atoms with Gasteiger partial charge in [-0.3, -0.25) is 14.4 Å². The Morgan fingerprint density at radius 3 is 2.12 bits per heavy atom. The maximum atomic E-state index is 11.4. The predicted molar refractivity (Wildman–Crippen MR) is 82.8 cm³/mol. The number of terminal acetylenes is 1. The number of nitrogens with zero attached hydrogens (tertiary/aromatic N) is 3. The van der Waals surface area contributed by atoms with Crippen LogP contribution in [0.1, 0.15) is 27.2 Å². The summed E-state index contributed by atoms with van der Waals surface area (Å²) in [5.41, 5.74) is 8.85. The first-order chi connectivity index (χ1) is 11.8. The van der Waals surface area contributed by atoms with E-state index in [1.54, 1.807) is 0 Å². The topological polar surface area (TPSA) is 137 Å². The molecule has 0 aliphatic carbocycles. The van der Waals surface area contributed by atoms with Crippen LogP contribution in [0.5, 0.6) is 0 Å². The standard InChI is InChI=1S/C15H19N3O7/c1-5-6-11-14(23-9(3)20)13(17-18-16)15(24-10(4)21)12(25-11)7-22-8(2)19/h1,11-15H,6-7H2,2-4H3/t11-,12-,13-,14+,15+/m1/s1.